The molecule has 1 aromatic carbocycles. The third-order valence-corrected chi connectivity index (χ3v) is 4.83. The van der Waals surface area contributed by atoms with Crippen molar-refractivity contribution >= 4 is 12.1 Å². The van der Waals surface area contributed by atoms with Crippen LogP contribution in [0.15, 0.2) is 30.3 Å². The largest absolute Gasteiger partial charge is 0.447 e. The predicted molar refractivity (Wildman–Crippen MR) is 79.3 cm³/mol. The van der Waals surface area contributed by atoms with Crippen molar-refractivity contribution in [3.63, 3.8) is 0 Å². The van der Waals surface area contributed by atoms with E-state index in [0.717, 1.165) is 12.8 Å². The van der Waals surface area contributed by atoms with E-state index in [0.29, 0.717) is 26.2 Å². The van der Waals surface area contributed by atoms with Gasteiger partial charge in [-0.15, -0.1) is 0 Å². The highest BCUT2D eigenvalue weighted by Crippen LogP contribution is 2.45. The zero-order valence-electron chi connectivity index (χ0n) is 12.3. The number of amides is 3. The van der Waals surface area contributed by atoms with E-state index in [1.54, 1.807) is 9.80 Å². The first-order valence-corrected chi connectivity index (χ1v) is 7.74. The highest BCUT2D eigenvalue weighted by Gasteiger charge is 2.47. The fourth-order valence-electron chi connectivity index (χ4n) is 3.32. The zero-order chi connectivity index (χ0) is 15.2. The number of piperazine rings is 1. The fraction of sp³-hybridized carbons (Fsp3) is 0.500. The Morgan fingerprint density at radius 3 is 2.73 bits per heavy atom. The molecule has 1 aliphatic carbocycles. The van der Waals surface area contributed by atoms with Crippen LogP contribution in [-0.4, -0.2) is 54.2 Å². The predicted octanol–water partition coefficient (Wildman–Crippen LogP) is 1.52. The van der Waals surface area contributed by atoms with Crippen molar-refractivity contribution in [2.75, 3.05) is 26.2 Å². The molecule has 1 aromatic rings. The number of hydrogen-bond donors (Lipinski definition) is 1. The molecule has 2 aliphatic heterocycles. The van der Waals surface area contributed by atoms with Gasteiger partial charge in [0.15, 0.2) is 0 Å². The summed E-state index contributed by atoms with van der Waals surface area (Å²) in [7, 11) is 0. The van der Waals surface area contributed by atoms with Crippen LogP contribution in [0.3, 0.4) is 0 Å². The van der Waals surface area contributed by atoms with Gasteiger partial charge in [0, 0.05) is 19.6 Å². The molecular formula is C16H19N3O3. The Kier molecular flexibility index (Phi) is 2.99. The molecule has 0 radical (unpaired) electrons. The molecule has 4 rings (SSSR count). The molecule has 1 atom stereocenters. The summed E-state index contributed by atoms with van der Waals surface area (Å²) in [6.07, 6.45) is 1.70. The SMILES string of the molecule is O=C(NC1(c2ccccc2)CC1)N1CCN2C(=O)OC[C@H]2C1. The van der Waals surface area contributed by atoms with Gasteiger partial charge in [-0.2, -0.15) is 0 Å². The van der Waals surface area contributed by atoms with Gasteiger partial charge in [0.1, 0.15) is 6.61 Å². The first-order chi connectivity index (χ1) is 10.7. The molecule has 0 aromatic heterocycles. The van der Waals surface area contributed by atoms with E-state index < -0.39 is 0 Å². The number of benzene rings is 1. The second kappa shape index (κ2) is 4.90. The summed E-state index contributed by atoms with van der Waals surface area (Å²) in [6, 6.07) is 10.1. The molecule has 1 N–H and O–H groups in total. The van der Waals surface area contributed by atoms with Crippen molar-refractivity contribution in [3.8, 4) is 0 Å². The highest BCUT2D eigenvalue weighted by atomic mass is 16.6. The molecule has 3 fully saturated rings. The normalized spacial score (nSPS) is 25.5. The molecule has 0 bridgehead atoms. The standard InChI is InChI=1S/C16H19N3O3/c20-14(17-16(6-7-16)12-4-2-1-3-5-12)18-8-9-19-13(10-18)11-22-15(19)21/h1-5,13H,6-11H2,(H,17,20)/t13-/m1/s1. The van der Waals surface area contributed by atoms with Gasteiger partial charge in [-0.3, -0.25) is 4.90 Å². The monoisotopic (exact) mass is 301 g/mol. The van der Waals surface area contributed by atoms with Crippen LogP contribution in [0.1, 0.15) is 18.4 Å². The maximum absolute atomic E-state index is 12.6. The number of fused-ring (bicyclic) bond motifs is 1. The lowest BCUT2D eigenvalue weighted by molar-refractivity contribution is 0.125. The minimum absolute atomic E-state index is 0.00104. The molecule has 2 saturated heterocycles. The molecule has 1 saturated carbocycles. The van der Waals surface area contributed by atoms with Crippen LogP contribution >= 0.6 is 0 Å². The average Bonchev–Trinajstić information content (AvgIpc) is 3.25. The van der Waals surface area contributed by atoms with Crippen molar-refractivity contribution in [1.29, 1.82) is 0 Å². The van der Waals surface area contributed by atoms with Gasteiger partial charge < -0.3 is 15.0 Å². The number of nitrogens with zero attached hydrogens (tertiary/aromatic N) is 2. The quantitative estimate of drug-likeness (QED) is 0.901. The molecule has 0 spiro atoms. The lowest BCUT2D eigenvalue weighted by Gasteiger charge is -2.36. The Hall–Kier alpha value is -2.24. The van der Waals surface area contributed by atoms with Crippen molar-refractivity contribution in [2.45, 2.75) is 24.4 Å². The van der Waals surface area contributed by atoms with Crippen LogP contribution in [0.5, 0.6) is 0 Å². The third-order valence-electron chi connectivity index (χ3n) is 4.83. The number of rotatable bonds is 2. The molecule has 3 aliphatic rings. The van der Waals surface area contributed by atoms with Gasteiger partial charge >= 0.3 is 12.1 Å². The van der Waals surface area contributed by atoms with E-state index in [2.05, 4.69) is 17.4 Å². The molecule has 3 amide bonds. The van der Waals surface area contributed by atoms with Crippen LogP contribution in [-0.2, 0) is 10.3 Å². The van der Waals surface area contributed by atoms with Gasteiger partial charge in [0.05, 0.1) is 11.6 Å². The minimum atomic E-state index is -0.256. The lowest BCUT2D eigenvalue weighted by Crippen LogP contribution is -2.57. The van der Waals surface area contributed by atoms with Crippen LogP contribution < -0.4 is 5.32 Å². The first kappa shape index (κ1) is 13.4. The zero-order valence-corrected chi connectivity index (χ0v) is 12.3. The summed E-state index contributed by atoms with van der Waals surface area (Å²) >= 11 is 0. The first-order valence-electron chi connectivity index (χ1n) is 7.74. The number of carbonyl (C=O) groups excluding carboxylic acids is 2. The average molecular weight is 301 g/mol. The second-order valence-corrected chi connectivity index (χ2v) is 6.25. The van der Waals surface area contributed by atoms with Crippen LogP contribution in [0, 0.1) is 0 Å². The summed E-state index contributed by atoms with van der Waals surface area (Å²) < 4.78 is 5.04. The minimum Gasteiger partial charge on any atom is -0.447 e. The third kappa shape index (κ3) is 2.19. The summed E-state index contributed by atoms with van der Waals surface area (Å²) in [5.74, 6) is 0. The molecule has 116 valence electrons. The number of urea groups is 1. The number of nitrogens with one attached hydrogen (secondary N) is 1. The topological polar surface area (TPSA) is 61.9 Å². The maximum Gasteiger partial charge on any atom is 0.410 e. The number of carbonyl (C=O) groups is 2. The highest BCUT2D eigenvalue weighted by molar-refractivity contribution is 5.77. The van der Waals surface area contributed by atoms with Gasteiger partial charge in [-0.1, -0.05) is 30.3 Å². The van der Waals surface area contributed by atoms with E-state index >= 15 is 0 Å². The van der Waals surface area contributed by atoms with Crippen molar-refractivity contribution in [2.24, 2.45) is 0 Å². The molecule has 0 unspecified atom stereocenters. The van der Waals surface area contributed by atoms with Crippen molar-refractivity contribution in [1.82, 2.24) is 15.1 Å². The summed E-state index contributed by atoms with van der Waals surface area (Å²) in [5.41, 5.74) is 0.971. The summed E-state index contributed by atoms with van der Waals surface area (Å²) in [6.45, 7) is 2.03. The lowest BCUT2D eigenvalue weighted by atomic mass is 10.1. The molecule has 22 heavy (non-hydrogen) atoms. The Bertz CT molecular complexity index is 600. The number of hydrogen-bond acceptors (Lipinski definition) is 3. The Balaban J connectivity index is 1.42. The molecular weight excluding hydrogens is 282 g/mol. The Labute approximate surface area is 129 Å². The van der Waals surface area contributed by atoms with E-state index in [-0.39, 0.29) is 23.7 Å². The van der Waals surface area contributed by atoms with E-state index in [9.17, 15) is 9.59 Å². The van der Waals surface area contributed by atoms with E-state index in [1.165, 1.54) is 5.56 Å². The second-order valence-electron chi connectivity index (χ2n) is 6.25. The van der Waals surface area contributed by atoms with Gasteiger partial charge in [0.2, 0.25) is 0 Å². The fourth-order valence-corrected chi connectivity index (χ4v) is 3.32. The van der Waals surface area contributed by atoms with Crippen molar-refractivity contribution in [3.05, 3.63) is 35.9 Å². The number of ether oxygens (including phenoxy) is 1. The van der Waals surface area contributed by atoms with Gasteiger partial charge in [-0.05, 0) is 18.4 Å². The molecule has 6 heteroatoms. The maximum atomic E-state index is 12.6. The Morgan fingerprint density at radius 1 is 1.23 bits per heavy atom. The van der Waals surface area contributed by atoms with Crippen LogP contribution in [0.25, 0.3) is 0 Å². The Morgan fingerprint density at radius 2 is 2.00 bits per heavy atom. The van der Waals surface area contributed by atoms with Crippen LogP contribution in [0.4, 0.5) is 9.59 Å². The summed E-state index contributed by atoms with van der Waals surface area (Å²) in [4.78, 5) is 27.6. The van der Waals surface area contributed by atoms with Crippen LogP contribution in [0.2, 0.25) is 0 Å². The van der Waals surface area contributed by atoms with Gasteiger partial charge in [0.25, 0.3) is 0 Å². The van der Waals surface area contributed by atoms with Gasteiger partial charge in [-0.25, -0.2) is 9.59 Å². The molecule has 6 nitrogen and oxygen atoms in total. The number of cyclic esters (lactones) is 1. The van der Waals surface area contributed by atoms with Crippen molar-refractivity contribution < 1.29 is 14.3 Å². The summed E-state index contributed by atoms with van der Waals surface area (Å²) in [5, 5.41) is 3.19. The van der Waals surface area contributed by atoms with E-state index in [1.807, 2.05) is 18.2 Å². The molecule has 2 heterocycles. The smallest absolute Gasteiger partial charge is 0.410 e. The van der Waals surface area contributed by atoms with E-state index in [4.69, 9.17) is 4.74 Å².